The third-order valence-corrected chi connectivity index (χ3v) is 9.18. The summed E-state index contributed by atoms with van der Waals surface area (Å²) in [6.07, 6.45) is 1.06. The zero-order chi connectivity index (χ0) is 22.0. The number of likely N-dealkylation sites (N-methyl/N-ethyl adjacent to an activating group) is 1. The van der Waals surface area contributed by atoms with Crippen LogP contribution in [0, 0.1) is 5.41 Å². The molecule has 8 heteroatoms. The molecule has 1 aromatic rings. The van der Waals surface area contributed by atoms with E-state index in [1.54, 1.807) is 7.11 Å². The lowest BCUT2D eigenvalue weighted by molar-refractivity contribution is -0.206. The van der Waals surface area contributed by atoms with Gasteiger partial charge in [0, 0.05) is 31.8 Å². The smallest absolute Gasteiger partial charge is 0.343 e. The topological polar surface area (TPSA) is 88.5 Å². The highest BCUT2D eigenvalue weighted by atomic mass is 16.6. The van der Waals surface area contributed by atoms with Crippen LogP contribution in [0.1, 0.15) is 38.2 Å². The summed E-state index contributed by atoms with van der Waals surface area (Å²) in [5.41, 5.74) is -2.05. The van der Waals surface area contributed by atoms with Crippen molar-refractivity contribution in [3.05, 3.63) is 23.8 Å². The molecule has 0 aliphatic carbocycles. The molecule has 2 spiro atoms. The van der Waals surface area contributed by atoms with Crippen molar-refractivity contribution in [2.75, 3.05) is 32.7 Å². The van der Waals surface area contributed by atoms with Crippen molar-refractivity contribution in [2.24, 2.45) is 5.41 Å². The van der Waals surface area contributed by atoms with Gasteiger partial charge < -0.3 is 29.1 Å². The first kappa shape index (κ1) is 19.4. The molecule has 0 saturated carbocycles. The Balaban J connectivity index is 1.73. The molecule has 1 N–H and O–H groups in total. The van der Waals surface area contributed by atoms with E-state index in [0.29, 0.717) is 32.2 Å². The minimum atomic E-state index is -1.57. The number of carbonyl (C=O) groups excluding carboxylic acids is 2. The van der Waals surface area contributed by atoms with E-state index < -0.39 is 40.3 Å². The van der Waals surface area contributed by atoms with Gasteiger partial charge in [0.15, 0.2) is 5.72 Å². The van der Waals surface area contributed by atoms with E-state index >= 15 is 0 Å². The molecule has 5 heterocycles. The molecule has 31 heavy (non-hydrogen) atoms. The van der Waals surface area contributed by atoms with Crippen LogP contribution in [0.4, 0.5) is 5.69 Å². The van der Waals surface area contributed by atoms with Crippen LogP contribution in [0.3, 0.4) is 0 Å². The predicted molar refractivity (Wildman–Crippen MR) is 110 cm³/mol. The Bertz CT molecular complexity index is 1030. The Morgan fingerprint density at radius 1 is 1.32 bits per heavy atom. The maximum absolute atomic E-state index is 13.5. The quantitative estimate of drug-likeness (QED) is 0.724. The molecular formula is C23H28N2O6. The van der Waals surface area contributed by atoms with Gasteiger partial charge in [0.2, 0.25) is 11.5 Å². The van der Waals surface area contributed by atoms with Crippen LogP contribution in [0.5, 0.6) is 5.75 Å². The normalized spacial score (nSPS) is 43.7. The maximum Gasteiger partial charge on any atom is 0.343 e. The fraction of sp³-hybridized carbons (Fsp3) is 0.652. The zero-order valence-electron chi connectivity index (χ0n) is 18.3. The lowest BCUT2D eigenvalue weighted by atomic mass is 9.48. The van der Waals surface area contributed by atoms with Gasteiger partial charge in [0.05, 0.1) is 31.1 Å². The summed E-state index contributed by atoms with van der Waals surface area (Å²) >= 11 is 0. The molecule has 1 aromatic carbocycles. The first-order valence-corrected chi connectivity index (χ1v) is 11.0. The number of amides is 1. The van der Waals surface area contributed by atoms with Gasteiger partial charge in [0.1, 0.15) is 11.9 Å². The molecule has 0 aromatic heterocycles. The van der Waals surface area contributed by atoms with E-state index in [1.807, 2.05) is 42.0 Å². The summed E-state index contributed by atoms with van der Waals surface area (Å²) in [5.74, 6) is 0.172. The fourth-order valence-corrected chi connectivity index (χ4v) is 8.24. The van der Waals surface area contributed by atoms with Gasteiger partial charge in [-0.3, -0.25) is 4.79 Å². The van der Waals surface area contributed by atoms with E-state index in [-0.39, 0.29) is 5.91 Å². The number of benzene rings is 1. The molecule has 6 rings (SSSR count). The van der Waals surface area contributed by atoms with Crippen LogP contribution >= 0.6 is 0 Å². The second-order valence-electron chi connectivity index (χ2n) is 9.61. The number of anilines is 1. The van der Waals surface area contributed by atoms with Crippen LogP contribution in [0.2, 0.25) is 0 Å². The molecule has 0 unspecified atom stereocenters. The Kier molecular flexibility index (Phi) is 3.46. The minimum Gasteiger partial charge on any atom is -0.497 e. The van der Waals surface area contributed by atoms with Gasteiger partial charge in [-0.05, 0) is 30.9 Å². The zero-order valence-corrected chi connectivity index (χ0v) is 18.3. The van der Waals surface area contributed by atoms with Crippen LogP contribution in [0.15, 0.2) is 18.2 Å². The number of methoxy groups -OCH3 is 2. The number of aliphatic hydroxyl groups excluding tert-OH is 1. The average molecular weight is 428 g/mol. The van der Waals surface area contributed by atoms with E-state index in [2.05, 4.69) is 0 Å². The number of fused-ring (bicyclic) bond motifs is 3. The summed E-state index contributed by atoms with van der Waals surface area (Å²) in [7, 11) is 4.89. The summed E-state index contributed by atoms with van der Waals surface area (Å²) in [6.45, 7) is 2.54. The first-order valence-electron chi connectivity index (χ1n) is 11.0. The molecule has 5 aliphatic heterocycles. The maximum atomic E-state index is 13.5. The number of carbonyl (C=O) groups is 2. The average Bonchev–Trinajstić information content (AvgIpc) is 3.43. The SMILES string of the molecule is CC[C@@]12CCN3C(=O)CC[C@]45c6ccc(OC)cc6N(C)[C@H]4[C@](C(=O)OC)(O[C@@]315)[C@@H]2O. The summed E-state index contributed by atoms with van der Waals surface area (Å²) in [6, 6.07) is 5.46. The van der Waals surface area contributed by atoms with E-state index in [0.717, 1.165) is 17.0 Å². The van der Waals surface area contributed by atoms with Crippen molar-refractivity contribution in [1.29, 1.82) is 0 Å². The number of aliphatic hydroxyl groups is 1. The largest absolute Gasteiger partial charge is 0.497 e. The number of hydrogen-bond donors (Lipinski definition) is 1. The molecule has 2 bridgehead atoms. The lowest BCUT2D eigenvalue weighted by Crippen LogP contribution is -2.76. The van der Waals surface area contributed by atoms with E-state index in [9.17, 15) is 14.7 Å². The van der Waals surface area contributed by atoms with Crippen molar-refractivity contribution in [3.8, 4) is 5.75 Å². The predicted octanol–water partition coefficient (Wildman–Crippen LogP) is 1.19. The molecule has 166 valence electrons. The number of ether oxygens (including phenoxy) is 3. The Labute approximate surface area is 181 Å². The van der Waals surface area contributed by atoms with Crippen molar-refractivity contribution >= 4 is 17.6 Å². The van der Waals surface area contributed by atoms with Gasteiger partial charge in [-0.15, -0.1) is 0 Å². The molecular weight excluding hydrogens is 400 g/mol. The Morgan fingerprint density at radius 3 is 2.77 bits per heavy atom. The lowest BCUT2D eigenvalue weighted by Gasteiger charge is -2.59. The van der Waals surface area contributed by atoms with Crippen molar-refractivity contribution in [1.82, 2.24) is 4.90 Å². The molecule has 4 fully saturated rings. The number of rotatable bonds is 3. The van der Waals surface area contributed by atoms with Gasteiger partial charge in [-0.1, -0.05) is 13.0 Å². The molecule has 6 atom stereocenters. The number of piperidine rings is 1. The molecule has 0 radical (unpaired) electrons. The molecule has 4 saturated heterocycles. The molecule has 1 amide bonds. The van der Waals surface area contributed by atoms with Crippen LogP contribution < -0.4 is 9.64 Å². The van der Waals surface area contributed by atoms with Crippen LogP contribution in [-0.4, -0.2) is 73.2 Å². The van der Waals surface area contributed by atoms with Crippen LogP contribution in [0.25, 0.3) is 0 Å². The number of nitrogens with zero attached hydrogens (tertiary/aromatic N) is 2. The Morgan fingerprint density at radius 2 is 2.10 bits per heavy atom. The molecule has 5 aliphatic rings. The van der Waals surface area contributed by atoms with Gasteiger partial charge in [-0.2, -0.15) is 0 Å². The van der Waals surface area contributed by atoms with Crippen LogP contribution in [-0.2, 0) is 24.5 Å². The second-order valence-corrected chi connectivity index (χ2v) is 9.61. The standard InChI is InChI=1S/C23H28N2O6/c1-5-20-10-11-25-16(26)8-9-21-14-7-6-13(29-3)12-15(14)24(2)17(21)22(18(20)27,19(28)30-4)31-23(20,21)25/h6-7,12,17-18,27H,5,8-11H2,1-4H3/t17-,18-,20+,21+,22+,23+/m1/s1. The summed E-state index contributed by atoms with van der Waals surface area (Å²) < 4.78 is 17.6. The van der Waals surface area contributed by atoms with Crippen molar-refractivity contribution < 1.29 is 28.9 Å². The minimum absolute atomic E-state index is 0.0269. The van der Waals surface area contributed by atoms with Gasteiger partial charge in [-0.25, -0.2) is 4.79 Å². The summed E-state index contributed by atoms with van der Waals surface area (Å²) in [4.78, 5) is 30.5. The highest BCUT2D eigenvalue weighted by Crippen LogP contribution is 2.79. The fourth-order valence-electron chi connectivity index (χ4n) is 8.24. The third kappa shape index (κ3) is 1.57. The second kappa shape index (κ2) is 5.53. The summed E-state index contributed by atoms with van der Waals surface area (Å²) in [5, 5.41) is 11.9. The third-order valence-electron chi connectivity index (χ3n) is 9.18. The monoisotopic (exact) mass is 428 g/mol. The van der Waals surface area contributed by atoms with E-state index in [1.165, 1.54) is 7.11 Å². The van der Waals surface area contributed by atoms with Crippen molar-refractivity contribution in [3.63, 3.8) is 0 Å². The van der Waals surface area contributed by atoms with Crippen molar-refractivity contribution in [2.45, 2.75) is 61.5 Å². The van der Waals surface area contributed by atoms with Gasteiger partial charge in [0.25, 0.3) is 0 Å². The van der Waals surface area contributed by atoms with Gasteiger partial charge >= 0.3 is 5.97 Å². The highest BCUT2D eigenvalue weighted by molar-refractivity contribution is 5.91. The first-order chi connectivity index (χ1) is 14.8. The Hall–Kier alpha value is -2.32. The highest BCUT2D eigenvalue weighted by Gasteiger charge is 2.95. The number of hydrogen-bond acceptors (Lipinski definition) is 7. The molecule has 8 nitrogen and oxygen atoms in total. The van der Waals surface area contributed by atoms with E-state index in [4.69, 9.17) is 14.2 Å². The number of esters is 1.